The number of benzene rings is 1. The Labute approximate surface area is 230 Å². The van der Waals surface area contributed by atoms with Gasteiger partial charge in [-0.1, -0.05) is 36.5 Å². The molecule has 216 valence electrons. The predicted octanol–water partition coefficient (Wildman–Crippen LogP) is 6.98. The van der Waals surface area contributed by atoms with Crippen LogP contribution in [0.25, 0.3) is 0 Å². The summed E-state index contributed by atoms with van der Waals surface area (Å²) in [5.74, 6) is -3.34. The van der Waals surface area contributed by atoms with E-state index in [1.54, 1.807) is 6.08 Å². The molecule has 1 aliphatic rings. The topological polar surface area (TPSA) is 88.1 Å². The minimum Gasteiger partial charge on any atom is -0.493 e. The fourth-order valence-corrected chi connectivity index (χ4v) is 4.63. The number of hydrogen-bond acceptors (Lipinski definition) is 4. The van der Waals surface area contributed by atoms with E-state index in [0.717, 1.165) is 29.5 Å². The summed E-state index contributed by atoms with van der Waals surface area (Å²) in [7, 11) is 0. The van der Waals surface area contributed by atoms with Crippen molar-refractivity contribution in [1.82, 2.24) is 10.2 Å². The second kappa shape index (κ2) is 14.1. The Bertz CT molecular complexity index is 1050. The first kappa shape index (κ1) is 31.9. The molecule has 1 fully saturated rings. The van der Waals surface area contributed by atoms with Crippen molar-refractivity contribution in [1.29, 1.82) is 0 Å². The average molecular weight is 549 g/mol. The normalized spacial score (nSPS) is 16.7. The van der Waals surface area contributed by atoms with Crippen LogP contribution in [0.15, 0.2) is 48.6 Å². The second-order valence-electron chi connectivity index (χ2n) is 9.94. The Morgan fingerprint density at radius 3 is 2.26 bits per heavy atom. The molecule has 1 aromatic carbocycles. The minimum atomic E-state index is -3.12. The molecule has 2 rings (SSSR count). The number of carbonyl (C=O) groups excluding carboxylic acids is 1. The van der Waals surface area contributed by atoms with Gasteiger partial charge >= 0.3 is 12.0 Å². The quantitative estimate of drug-likeness (QED) is 0.182. The van der Waals surface area contributed by atoms with Gasteiger partial charge in [0, 0.05) is 24.9 Å². The standard InChI is InChI=1S/C30H42F2N2O5/c1-7-10-14-21(4)15-12-11-13-16-34(28(37)33-29(27(35)36)19-30(31,32)20-29)23(6)24-17-25(38-8-2)22(5)26(18-24)39-9-3/h7,10,14-15,17-18,23H,1,8-9,11-13,16,19-20H2,2-6H3,(H,33,37)(H,35,36)/b14-10-,21-15+/t23-/m1/s1. The summed E-state index contributed by atoms with van der Waals surface area (Å²) in [5.41, 5.74) is 0.672. The number of unbranched alkanes of at least 4 members (excludes halogenated alkanes) is 2. The van der Waals surface area contributed by atoms with Gasteiger partial charge in [-0.15, -0.1) is 0 Å². The number of nitrogens with zero attached hydrogens (tertiary/aromatic N) is 1. The molecule has 0 saturated heterocycles. The predicted molar refractivity (Wildman–Crippen MR) is 149 cm³/mol. The molecular formula is C30H42F2N2O5. The average Bonchev–Trinajstić information content (AvgIpc) is 2.85. The van der Waals surface area contributed by atoms with Crippen molar-refractivity contribution < 1.29 is 33.0 Å². The van der Waals surface area contributed by atoms with Gasteiger partial charge in [-0.2, -0.15) is 0 Å². The van der Waals surface area contributed by atoms with Crippen LogP contribution in [0.1, 0.15) is 77.0 Å². The Morgan fingerprint density at radius 2 is 1.77 bits per heavy atom. The van der Waals surface area contributed by atoms with E-state index in [-0.39, 0.29) is 0 Å². The van der Waals surface area contributed by atoms with Gasteiger partial charge in [0.1, 0.15) is 11.5 Å². The molecule has 0 unspecified atom stereocenters. The molecule has 0 radical (unpaired) electrons. The summed E-state index contributed by atoms with van der Waals surface area (Å²) in [6.45, 7) is 14.3. The molecule has 1 atom stereocenters. The molecule has 1 saturated carbocycles. The lowest BCUT2D eigenvalue weighted by molar-refractivity contribution is -0.175. The number of nitrogens with one attached hydrogen (secondary N) is 1. The first-order chi connectivity index (χ1) is 18.4. The molecule has 2 amide bonds. The van der Waals surface area contributed by atoms with Gasteiger partial charge in [0.25, 0.3) is 5.92 Å². The van der Waals surface area contributed by atoms with Crippen molar-refractivity contribution in [3.8, 4) is 11.5 Å². The highest BCUT2D eigenvalue weighted by atomic mass is 19.3. The van der Waals surface area contributed by atoms with Crippen LogP contribution in [0.4, 0.5) is 13.6 Å². The Balaban J connectivity index is 2.31. The number of carbonyl (C=O) groups is 2. The van der Waals surface area contributed by atoms with Crippen molar-refractivity contribution in [2.75, 3.05) is 19.8 Å². The van der Waals surface area contributed by atoms with Crippen molar-refractivity contribution in [3.05, 3.63) is 59.7 Å². The Hall–Kier alpha value is -3.36. The van der Waals surface area contributed by atoms with E-state index in [9.17, 15) is 23.5 Å². The van der Waals surface area contributed by atoms with Crippen LogP contribution >= 0.6 is 0 Å². The number of carboxylic acid groups (broad SMARTS) is 1. The van der Waals surface area contributed by atoms with E-state index in [2.05, 4.69) is 18.0 Å². The highest BCUT2D eigenvalue weighted by Gasteiger charge is 2.62. The molecule has 2 N–H and O–H groups in total. The maximum Gasteiger partial charge on any atom is 0.329 e. The van der Waals surface area contributed by atoms with E-state index in [1.807, 2.05) is 58.9 Å². The minimum absolute atomic E-state index is 0.302. The van der Waals surface area contributed by atoms with E-state index >= 15 is 0 Å². The van der Waals surface area contributed by atoms with Crippen LogP contribution in [-0.2, 0) is 4.79 Å². The number of halogens is 2. The Kier molecular flexibility index (Phi) is 11.6. The number of alkyl halides is 2. The summed E-state index contributed by atoms with van der Waals surface area (Å²) in [6.07, 6.45) is 7.94. The van der Waals surface area contributed by atoms with Gasteiger partial charge < -0.3 is 24.8 Å². The van der Waals surface area contributed by atoms with Crippen LogP contribution in [0.3, 0.4) is 0 Å². The number of amides is 2. The fraction of sp³-hybridized carbons (Fsp3) is 0.533. The molecule has 7 nitrogen and oxygen atoms in total. The number of ether oxygens (including phenoxy) is 2. The molecule has 1 aromatic rings. The zero-order chi connectivity index (χ0) is 29.2. The summed E-state index contributed by atoms with van der Waals surface area (Å²) >= 11 is 0. The zero-order valence-electron chi connectivity index (χ0n) is 23.7. The monoisotopic (exact) mass is 548 g/mol. The number of urea groups is 1. The molecule has 0 aliphatic heterocycles. The zero-order valence-corrected chi connectivity index (χ0v) is 23.7. The van der Waals surface area contributed by atoms with Crippen LogP contribution in [0.2, 0.25) is 0 Å². The summed E-state index contributed by atoms with van der Waals surface area (Å²) in [5, 5.41) is 12.1. The molecule has 0 spiro atoms. The van der Waals surface area contributed by atoms with Gasteiger partial charge in [-0.25, -0.2) is 18.4 Å². The number of aliphatic carboxylic acids is 1. The highest BCUT2D eigenvalue weighted by molar-refractivity contribution is 5.88. The third-order valence-corrected chi connectivity index (χ3v) is 6.84. The van der Waals surface area contributed by atoms with Crippen LogP contribution in [0.5, 0.6) is 11.5 Å². The maximum absolute atomic E-state index is 13.7. The van der Waals surface area contributed by atoms with Gasteiger partial charge in [0.2, 0.25) is 0 Å². The first-order valence-corrected chi connectivity index (χ1v) is 13.5. The third kappa shape index (κ3) is 8.57. The van der Waals surface area contributed by atoms with E-state index in [4.69, 9.17) is 9.47 Å². The fourth-order valence-electron chi connectivity index (χ4n) is 4.63. The molecule has 9 heteroatoms. The van der Waals surface area contributed by atoms with Gasteiger partial charge in [0.15, 0.2) is 5.54 Å². The number of allylic oxidation sites excluding steroid dienone is 5. The van der Waals surface area contributed by atoms with Crippen molar-refractivity contribution in [3.63, 3.8) is 0 Å². The molecule has 0 bridgehead atoms. The summed E-state index contributed by atoms with van der Waals surface area (Å²) < 4.78 is 39.0. The summed E-state index contributed by atoms with van der Waals surface area (Å²) in [6, 6.07) is 2.48. The summed E-state index contributed by atoms with van der Waals surface area (Å²) in [4.78, 5) is 26.9. The van der Waals surface area contributed by atoms with Crippen molar-refractivity contribution >= 4 is 12.0 Å². The largest absolute Gasteiger partial charge is 0.493 e. The van der Waals surface area contributed by atoms with Crippen LogP contribution < -0.4 is 14.8 Å². The number of rotatable bonds is 15. The van der Waals surface area contributed by atoms with Crippen molar-refractivity contribution in [2.24, 2.45) is 0 Å². The Morgan fingerprint density at radius 1 is 1.18 bits per heavy atom. The third-order valence-electron chi connectivity index (χ3n) is 6.84. The first-order valence-electron chi connectivity index (χ1n) is 13.5. The molecule has 39 heavy (non-hydrogen) atoms. The molecule has 0 aromatic heterocycles. The highest BCUT2D eigenvalue weighted by Crippen LogP contribution is 2.46. The number of hydrogen-bond donors (Lipinski definition) is 2. The molecule has 0 heterocycles. The van der Waals surface area contributed by atoms with E-state index < -0.39 is 42.3 Å². The van der Waals surface area contributed by atoms with Gasteiger partial charge in [-0.3, -0.25) is 0 Å². The van der Waals surface area contributed by atoms with Gasteiger partial charge in [0.05, 0.1) is 19.3 Å². The lowest BCUT2D eigenvalue weighted by Crippen LogP contribution is -2.68. The second-order valence-corrected chi connectivity index (χ2v) is 9.94. The van der Waals surface area contributed by atoms with E-state index in [0.29, 0.717) is 37.7 Å². The maximum atomic E-state index is 13.7. The lowest BCUT2D eigenvalue weighted by atomic mass is 9.73. The molecular weight excluding hydrogens is 506 g/mol. The van der Waals surface area contributed by atoms with Crippen LogP contribution in [-0.4, -0.2) is 53.2 Å². The lowest BCUT2D eigenvalue weighted by Gasteiger charge is -2.45. The number of carboxylic acids is 1. The smallest absolute Gasteiger partial charge is 0.329 e. The van der Waals surface area contributed by atoms with E-state index in [1.165, 1.54) is 4.90 Å². The van der Waals surface area contributed by atoms with Crippen LogP contribution in [0, 0.1) is 6.92 Å². The van der Waals surface area contributed by atoms with Crippen molar-refractivity contribution in [2.45, 2.75) is 84.2 Å². The van der Waals surface area contributed by atoms with Gasteiger partial charge in [-0.05, 0) is 71.6 Å². The SMILES string of the molecule is C=C/C=C\C(C)=C\CCCCN(C(=O)NC1(C(=O)O)CC(F)(F)C1)[C@H](C)c1cc(OCC)c(C)c(OCC)c1. The molecule has 1 aliphatic carbocycles.